The van der Waals surface area contributed by atoms with Crippen molar-refractivity contribution in [2.45, 2.75) is 12.2 Å². The lowest BCUT2D eigenvalue weighted by atomic mass is 10.0. The Bertz CT molecular complexity index is 539. The van der Waals surface area contributed by atoms with Crippen molar-refractivity contribution in [2.24, 2.45) is 0 Å². The van der Waals surface area contributed by atoms with Crippen LogP contribution in [0, 0.1) is 0 Å². The Labute approximate surface area is 117 Å². The summed E-state index contributed by atoms with van der Waals surface area (Å²) >= 11 is 0. The quantitative estimate of drug-likeness (QED) is 0.670. The Hall–Kier alpha value is -2.17. The molecule has 20 heavy (non-hydrogen) atoms. The van der Waals surface area contributed by atoms with E-state index in [0.29, 0.717) is 11.3 Å². The smallest absolute Gasteiger partial charge is 0.343 e. The molecular formula is C16H16O4. The molecule has 104 valence electrons. The SMILES string of the molecule is CO[C@H](C(=O)Oc1ccccc1)[C@H](O)c1ccccc1. The van der Waals surface area contributed by atoms with Crippen LogP contribution in [0.1, 0.15) is 11.7 Å². The van der Waals surface area contributed by atoms with Crippen LogP contribution >= 0.6 is 0 Å². The number of ether oxygens (including phenoxy) is 2. The Kier molecular flexibility index (Phi) is 4.87. The number of hydrogen-bond acceptors (Lipinski definition) is 4. The monoisotopic (exact) mass is 272 g/mol. The van der Waals surface area contributed by atoms with E-state index in [2.05, 4.69) is 0 Å². The first-order chi connectivity index (χ1) is 9.72. The summed E-state index contributed by atoms with van der Waals surface area (Å²) in [6, 6.07) is 17.5. The minimum Gasteiger partial charge on any atom is -0.425 e. The van der Waals surface area contributed by atoms with Crippen molar-refractivity contribution in [3.05, 3.63) is 66.2 Å². The summed E-state index contributed by atoms with van der Waals surface area (Å²) in [5, 5.41) is 10.2. The van der Waals surface area contributed by atoms with Crippen molar-refractivity contribution in [1.29, 1.82) is 0 Å². The molecule has 0 saturated carbocycles. The number of para-hydroxylation sites is 1. The van der Waals surface area contributed by atoms with E-state index in [1.54, 1.807) is 48.5 Å². The van der Waals surface area contributed by atoms with Crippen molar-refractivity contribution in [3.8, 4) is 5.75 Å². The van der Waals surface area contributed by atoms with Gasteiger partial charge in [-0.2, -0.15) is 0 Å². The fourth-order valence-electron chi connectivity index (χ4n) is 1.84. The molecule has 0 heterocycles. The van der Waals surface area contributed by atoms with Crippen LogP contribution in [0.3, 0.4) is 0 Å². The highest BCUT2D eigenvalue weighted by Crippen LogP contribution is 2.20. The summed E-state index contributed by atoms with van der Waals surface area (Å²) in [4.78, 5) is 12.1. The molecule has 0 bridgehead atoms. The number of benzene rings is 2. The summed E-state index contributed by atoms with van der Waals surface area (Å²) < 4.78 is 10.3. The van der Waals surface area contributed by atoms with Gasteiger partial charge in [-0.15, -0.1) is 0 Å². The van der Waals surface area contributed by atoms with Gasteiger partial charge in [0.15, 0.2) is 6.10 Å². The van der Waals surface area contributed by atoms with Crippen LogP contribution in [0.2, 0.25) is 0 Å². The number of aliphatic hydroxyl groups is 1. The van der Waals surface area contributed by atoms with Gasteiger partial charge in [-0.05, 0) is 17.7 Å². The molecule has 4 nitrogen and oxygen atoms in total. The molecular weight excluding hydrogens is 256 g/mol. The maximum absolute atomic E-state index is 12.1. The molecule has 0 aromatic heterocycles. The van der Waals surface area contributed by atoms with Crippen LogP contribution in [0.15, 0.2) is 60.7 Å². The first kappa shape index (κ1) is 14.2. The second-order valence-electron chi connectivity index (χ2n) is 4.25. The minimum absolute atomic E-state index is 0.416. The molecule has 0 saturated heterocycles. The maximum atomic E-state index is 12.1. The second kappa shape index (κ2) is 6.84. The fourth-order valence-corrected chi connectivity index (χ4v) is 1.84. The number of hydrogen-bond donors (Lipinski definition) is 1. The molecule has 0 aliphatic heterocycles. The van der Waals surface area contributed by atoms with Gasteiger partial charge in [-0.25, -0.2) is 4.79 Å². The van der Waals surface area contributed by atoms with E-state index >= 15 is 0 Å². The average Bonchev–Trinajstić information content (AvgIpc) is 2.49. The lowest BCUT2D eigenvalue weighted by molar-refractivity contribution is -0.153. The van der Waals surface area contributed by atoms with Gasteiger partial charge in [-0.3, -0.25) is 0 Å². The third-order valence-corrected chi connectivity index (χ3v) is 2.88. The molecule has 1 N–H and O–H groups in total. The van der Waals surface area contributed by atoms with E-state index in [1.165, 1.54) is 7.11 Å². The number of aliphatic hydroxyl groups excluding tert-OH is 1. The third-order valence-electron chi connectivity index (χ3n) is 2.88. The van der Waals surface area contributed by atoms with Crippen molar-refractivity contribution in [1.82, 2.24) is 0 Å². The average molecular weight is 272 g/mol. The lowest BCUT2D eigenvalue weighted by Gasteiger charge is -2.20. The van der Waals surface area contributed by atoms with Crippen LogP contribution in [0.25, 0.3) is 0 Å². The van der Waals surface area contributed by atoms with Crippen LogP contribution in [-0.2, 0) is 9.53 Å². The minimum atomic E-state index is -1.07. The van der Waals surface area contributed by atoms with Gasteiger partial charge in [0.2, 0.25) is 0 Å². The molecule has 2 rings (SSSR count). The van der Waals surface area contributed by atoms with Gasteiger partial charge < -0.3 is 14.6 Å². The Morgan fingerprint density at radius 3 is 2.10 bits per heavy atom. The van der Waals surface area contributed by atoms with Crippen molar-refractivity contribution < 1.29 is 19.4 Å². The topological polar surface area (TPSA) is 55.8 Å². The van der Waals surface area contributed by atoms with Gasteiger partial charge in [0.05, 0.1) is 0 Å². The zero-order chi connectivity index (χ0) is 14.4. The molecule has 2 atom stereocenters. The van der Waals surface area contributed by atoms with Gasteiger partial charge in [0.25, 0.3) is 0 Å². The predicted molar refractivity (Wildman–Crippen MR) is 74.3 cm³/mol. The van der Waals surface area contributed by atoms with E-state index in [4.69, 9.17) is 9.47 Å². The summed E-state index contributed by atoms with van der Waals surface area (Å²) in [5.74, 6) is -0.213. The number of esters is 1. The number of methoxy groups -OCH3 is 1. The highest BCUT2D eigenvalue weighted by molar-refractivity contribution is 5.78. The first-order valence-electron chi connectivity index (χ1n) is 6.25. The van der Waals surface area contributed by atoms with Crippen LogP contribution in [0.4, 0.5) is 0 Å². The first-order valence-corrected chi connectivity index (χ1v) is 6.25. The summed E-state index contributed by atoms with van der Waals surface area (Å²) in [7, 11) is 1.36. The number of carbonyl (C=O) groups is 1. The predicted octanol–water partition coefficient (Wildman–Crippen LogP) is 2.34. The normalized spacial score (nSPS) is 13.5. The summed E-state index contributed by atoms with van der Waals surface area (Å²) in [6.45, 7) is 0. The lowest BCUT2D eigenvalue weighted by Crippen LogP contribution is -2.33. The van der Waals surface area contributed by atoms with E-state index in [1.807, 2.05) is 12.1 Å². The van der Waals surface area contributed by atoms with E-state index < -0.39 is 18.2 Å². The molecule has 4 heteroatoms. The zero-order valence-electron chi connectivity index (χ0n) is 11.1. The van der Waals surface area contributed by atoms with Crippen LogP contribution < -0.4 is 4.74 Å². The molecule has 2 aromatic carbocycles. The van der Waals surface area contributed by atoms with Crippen LogP contribution in [-0.4, -0.2) is 24.3 Å². The second-order valence-corrected chi connectivity index (χ2v) is 4.25. The van der Waals surface area contributed by atoms with Crippen molar-refractivity contribution >= 4 is 5.97 Å². The molecule has 0 aliphatic carbocycles. The molecule has 0 radical (unpaired) electrons. The van der Waals surface area contributed by atoms with E-state index in [9.17, 15) is 9.90 Å². The zero-order valence-corrected chi connectivity index (χ0v) is 11.1. The molecule has 0 fully saturated rings. The molecule has 0 unspecified atom stereocenters. The third kappa shape index (κ3) is 3.44. The van der Waals surface area contributed by atoms with Gasteiger partial charge in [-0.1, -0.05) is 48.5 Å². The molecule has 0 amide bonds. The Balaban J connectivity index is 2.10. The number of carbonyl (C=O) groups excluding carboxylic acids is 1. The van der Waals surface area contributed by atoms with E-state index in [0.717, 1.165) is 0 Å². The standard InChI is InChI=1S/C16H16O4/c1-19-15(14(17)12-8-4-2-5-9-12)16(18)20-13-10-6-3-7-11-13/h2-11,14-15,17H,1H3/t14-,15+/m1/s1. The van der Waals surface area contributed by atoms with Gasteiger partial charge in [0.1, 0.15) is 11.9 Å². The highest BCUT2D eigenvalue weighted by Gasteiger charge is 2.29. The fraction of sp³-hybridized carbons (Fsp3) is 0.188. The van der Waals surface area contributed by atoms with Crippen LogP contribution in [0.5, 0.6) is 5.75 Å². The summed E-state index contributed by atoms with van der Waals surface area (Å²) in [6.07, 6.45) is -2.14. The molecule has 0 spiro atoms. The van der Waals surface area contributed by atoms with Crippen molar-refractivity contribution in [3.63, 3.8) is 0 Å². The highest BCUT2D eigenvalue weighted by atomic mass is 16.6. The van der Waals surface area contributed by atoms with Crippen molar-refractivity contribution in [2.75, 3.05) is 7.11 Å². The van der Waals surface area contributed by atoms with E-state index in [-0.39, 0.29) is 0 Å². The largest absolute Gasteiger partial charge is 0.425 e. The molecule has 2 aromatic rings. The number of rotatable bonds is 5. The van der Waals surface area contributed by atoms with Gasteiger partial charge >= 0.3 is 5.97 Å². The van der Waals surface area contributed by atoms with Gasteiger partial charge in [0, 0.05) is 7.11 Å². The Morgan fingerprint density at radius 1 is 1.00 bits per heavy atom. The maximum Gasteiger partial charge on any atom is 0.343 e. The summed E-state index contributed by atoms with van der Waals surface area (Å²) in [5.41, 5.74) is 0.601. The Morgan fingerprint density at radius 2 is 1.55 bits per heavy atom. The molecule has 0 aliphatic rings.